The van der Waals surface area contributed by atoms with E-state index >= 15 is 0 Å². The number of rotatable bonds is 5. The molecule has 25 heavy (non-hydrogen) atoms. The van der Waals surface area contributed by atoms with Gasteiger partial charge in [0.05, 0.1) is 11.1 Å². The van der Waals surface area contributed by atoms with Gasteiger partial charge in [-0.1, -0.05) is 29.8 Å². The first-order chi connectivity index (χ1) is 11.8. The van der Waals surface area contributed by atoms with Crippen LogP contribution in [0.3, 0.4) is 0 Å². The Balaban J connectivity index is 1.83. The van der Waals surface area contributed by atoms with Gasteiger partial charge >= 0.3 is 12.1 Å². The van der Waals surface area contributed by atoms with Gasteiger partial charge in [0.25, 0.3) is 5.91 Å². The molecule has 0 aliphatic heterocycles. The molecule has 1 N–H and O–H groups in total. The molecule has 2 rings (SSSR count). The Bertz CT molecular complexity index is 760. The van der Waals surface area contributed by atoms with Crippen molar-refractivity contribution in [3.8, 4) is 0 Å². The fourth-order valence-electron chi connectivity index (χ4n) is 1.90. The van der Waals surface area contributed by atoms with Gasteiger partial charge in [0.2, 0.25) is 0 Å². The zero-order valence-corrected chi connectivity index (χ0v) is 13.5. The number of ether oxygens (including phenoxy) is 1. The molecule has 0 spiro atoms. The summed E-state index contributed by atoms with van der Waals surface area (Å²) in [5.41, 5.74) is -0.250. The van der Waals surface area contributed by atoms with E-state index in [2.05, 4.69) is 5.32 Å². The highest BCUT2D eigenvalue weighted by atomic mass is 35.5. The lowest BCUT2D eigenvalue weighted by molar-refractivity contribution is -0.137. The maximum Gasteiger partial charge on any atom is 0.416 e. The Morgan fingerprint density at radius 1 is 1.04 bits per heavy atom. The van der Waals surface area contributed by atoms with Gasteiger partial charge in [-0.3, -0.25) is 4.79 Å². The van der Waals surface area contributed by atoms with Crippen molar-refractivity contribution < 1.29 is 27.5 Å². The van der Waals surface area contributed by atoms with Crippen molar-refractivity contribution in [3.63, 3.8) is 0 Å². The second-order valence-corrected chi connectivity index (χ2v) is 5.43. The summed E-state index contributed by atoms with van der Waals surface area (Å²) in [7, 11) is 0. The van der Waals surface area contributed by atoms with Crippen LogP contribution in [-0.2, 0) is 22.3 Å². The first kappa shape index (κ1) is 18.8. The van der Waals surface area contributed by atoms with Crippen LogP contribution in [0.2, 0.25) is 5.02 Å². The van der Waals surface area contributed by atoms with Crippen molar-refractivity contribution in [2.75, 3.05) is 6.61 Å². The molecule has 0 aliphatic carbocycles. The van der Waals surface area contributed by atoms with E-state index < -0.39 is 30.2 Å². The van der Waals surface area contributed by atoms with Crippen molar-refractivity contribution in [2.24, 2.45) is 0 Å². The van der Waals surface area contributed by atoms with Crippen LogP contribution in [-0.4, -0.2) is 18.5 Å². The molecule has 0 radical (unpaired) electrons. The van der Waals surface area contributed by atoms with Crippen LogP contribution in [0.1, 0.15) is 21.5 Å². The minimum atomic E-state index is -4.49. The second-order valence-electron chi connectivity index (χ2n) is 5.02. The number of nitrogens with one attached hydrogen (secondary N) is 1. The fourth-order valence-corrected chi connectivity index (χ4v) is 2.10. The maximum atomic E-state index is 12.4. The van der Waals surface area contributed by atoms with E-state index in [4.69, 9.17) is 16.3 Å². The van der Waals surface area contributed by atoms with Crippen LogP contribution in [0.5, 0.6) is 0 Å². The summed E-state index contributed by atoms with van der Waals surface area (Å²) in [5.74, 6) is -1.44. The number of carbonyl (C=O) groups is 2. The second kappa shape index (κ2) is 8.02. The van der Waals surface area contributed by atoms with Crippen LogP contribution in [0.15, 0.2) is 48.5 Å². The van der Waals surface area contributed by atoms with Gasteiger partial charge in [0.15, 0.2) is 6.61 Å². The van der Waals surface area contributed by atoms with E-state index in [1.54, 1.807) is 24.3 Å². The van der Waals surface area contributed by atoms with E-state index in [0.717, 1.165) is 24.3 Å². The van der Waals surface area contributed by atoms with Crippen molar-refractivity contribution in [1.29, 1.82) is 0 Å². The maximum absolute atomic E-state index is 12.4. The fraction of sp³-hybridized carbons (Fsp3) is 0.176. The van der Waals surface area contributed by atoms with Crippen molar-refractivity contribution in [2.45, 2.75) is 12.7 Å². The molecule has 4 nitrogen and oxygen atoms in total. The monoisotopic (exact) mass is 371 g/mol. The van der Waals surface area contributed by atoms with E-state index in [-0.39, 0.29) is 12.1 Å². The van der Waals surface area contributed by atoms with Gasteiger partial charge in [-0.25, -0.2) is 4.79 Å². The molecule has 0 bridgehead atoms. The average molecular weight is 372 g/mol. The van der Waals surface area contributed by atoms with E-state index in [0.29, 0.717) is 10.6 Å². The van der Waals surface area contributed by atoms with Crippen LogP contribution in [0.25, 0.3) is 0 Å². The van der Waals surface area contributed by atoms with Gasteiger partial charge in [0, 0.05) is 11.6 Å². The van der Waals surface area contributed by atoms with Crippen molar-refractivity contribution >= 4 is 23.5 Å². The Labute approximate surface area is 146 Å². The molecule has 0 atom stereocenters. The summed E-state index contributed by atoms with van der Waals surface area (Å²) in [6.07, 6.45) is -4.49. The molecule has 1 amide bonds. The van der Waals surface area contributed by atoms with Gasteiger partial charge in [0.1, 0.15) is 0 Å². The van der Waals surface area contributed by atoms with E-state index in [9.17, 15) is 22.8 Å². The summed E-state index contributed by atoms with van der Waals surface area (Å²) in [4.78, 5) is 23.4. The standard InChI is InChI=1S/C17H13ClF3NO3/c18-14-4-2-1-3-12(14)9-22-15(23)10-25-16(24)11-5-7-13(8-6-11)17(19,20)21/h1-8H,9-10H2,(H,22,23). The normalized spacial score (nSPS) is 11.0. The third kappa shape index (κ3) is 5.49. The zero-order valence-electron chi connectivity index (χ0n) is 12.8. The number of esters is 1. The SMILES string of the molecule is O=C(COC(=O)c1ccc(C(F)(F)F)cc1)NCc1ccccc1Cl. The van der Waals surface area contributed by atoms with Gasteiger partial charge in [-0.2, -0.15) is 13.2 Å². The van der Waals surface area contributed by atoms with Crippen LogP contribution >= 0.6 is 11.6 Å². The zero-order chi connectivity index (χ0) is 18.4. The lowest BCUT2D eigenvalue weighted by atomic mass is 10.1. The summed E-state index contributed by atoms with van der Waals surface area (Å²) in [5, 5.41) is 3.02. The molecule has 8 heteroatoms. The highest BCUT2D eigenvalue weighted by Crippen LogP contribution is 2.29. The Hall–Kier alpha value is -2.54. The number of amides is 1. The largest absolute Gasteiger partial charge is 0.452 e. The number of alkyl halides is 3. The summed E-state index contributed by atoms with van der Waals surface area (Å²) in [6, 6.07) is 10.4. The lowest BCUT2D eigenvalue weighted by Gasteiger charge is -2.09. The quantitative estimate of drug-likeness (QED) is 0.813. The van der Waals surface area contributed by atoms with Crippen LogP contribution in [0.4, 0.5) is 13.2 Å². The van der Waals surface area contributed by atoms with Crippen molar-refractivity contribution in [1.82, 2.24) is 5.32 Å². The third-order valence-corrected chi connectivity index (χ3v) is 3.58. The Morgan fingerprint density at radius 2 is 1.68 bits per heavy atom. The van der Waals surface area contributed by atoms with Gasteiger partial charge in [-0.05, 0) is 35.9 Å². The summed E-state index contributed by atoms with van der Waals surface area (Å²) < 4.78 is 42.1. The highest BCUT2D eigenvalue weighted by molar-refractivity contribution is 6.31. The first-order valence-corrected chi connectivity index (χ1v) is 7.49. The Morgan fingerprint density at radius 3 is 2.28 bits per heavy atom. The van der Waals surface area contributed by atoms with Crippen LogP contribution < -0.4 is 5.32 Å². The minimum absolute atomic E-state index is 0.0769. The smallest absolute Gasteiger partial charge is 0.416 e. The highest BCUT2D eigenvalue weighted by Gasteiger charge is 2.30. The van der Waals surface area contributed by atoms with E-state index in [1.807, 2.05) is 0 Å². The summed E-state index contributed by atoms with van der Waals surface area (Å²) in [6.45, 7) is -0.388. The molecule has 2 aromatic rings. The number of benzene rings is 2. The van der Waals surface area contributed by atoms with Crippen LogP contribution in [0, 0.1) is 0 Å². The molecule has 0 saturated heterocycles. The molecule has 0 heterocycles. The molecular weight excluding hydrogens is 359 g/mol. The molecular formula is C17H13ClF3NO3. The molecule has 0 aliphatic rings. The van der Waals surface area contributed by atoms with Gasteiger partial charge in [-0.15, -0.1) is 0 Å². The third-order valence-electron chi connectivity index (χ3n) is 3.22. The number of hydrogen-bond donors (Lipinski definition) is 1. The average Bonchev–Trinajstić information content (AvgIpc) is 2.58. The first-order valence-electron chi connectivity index (χ1n) is 7.12. The minimum Gasteiger partial charge on any atom is -0.452 e. The number of hydrogen-bond acceptors (Lipinski definition) is 3. The number of halogens is 4. The molecule has 132 valence electrons. The summed E-state index contributed by atoms with van der Waals surface area (Å²) >= 11 is 5.94. The molecule has 2 aromatic carbocycles. The predicted octanol–water partition coefficient (Wildman–Crippen LogP) is 3.83. The van der Waals surface area contributed by atoms with Crippen molar-refractivity contribution in [3.05, 3.63) is 70.2 Å². The molecule has 0 unspecified atom stereocenters. The van der Waals surface area contributed by atoms with Gasteiger partial charge < -0.3 is 10.1 Å². The molecule has 0 aromatic heterocycles. The number of carbonyl (C=O) groups excluding carboxylic acids is 2. The lowest BCUT2D eigenvalue weighted by Crippen LogP contribution is -2.28. The van der Waals surface area contributed by atoms with E-state index in [1.165, 1.54) is 0 Å². The molecule has 0 saturated carbocycles. The predicted molar refractivity (Wildman–Crippen MR) is 85.0 cm³/mol. The molecule has 0 fully saturated rings. The Kier molecular flexibility index (Phi) is 6.03. The topological polar surface area (TPSA) is 55.4 Å².